The van der Waals surface area contributed by atoms with Crippen molar-refractivity contribution in [2.45, 2.75) is 12.7 Å². The van der Waals surface area contributed by atoms with Crippen LogP contribution < -0.4 is 5.32 Å². The van der Waals surface area contributed by atoms with Crippen molar-refractivity contribution in [3.63, 3.8) is 0 Å². The summed E-state index contributed by atoms with van der Waals surface area (Å²) in [6.45, 7) is 0.158. The molecule has 0 aromatic carbocycles. The SMILES string of the molecule is CNCc1sc(-c2cncs2)nc1C(F)(F)F. The molecule has 0 amide bonds. The predicted molar refractivity (Wildman–Crippen MR) is 61.0 cm³/mol. The number of hydrogen-bond donors (Lipinski definition) is 1. The Morgan fingerprint density at radius 3 is 2.71 bits per heavy atom. The van der Waals surface area contributed by atoms with Gasteiger partial charge in [-0.2, -0.15) is 13.2 Å². The summed E-state index contributed by atoms with van der Waals surface area (Å²) < 4.78 is 38.2. The summed E-state index contributed by atoms with van der Waals surface area (Å²) in [4.78, 5) is 8.35. The molecule has 8 heteroatoms. The van der Waals surface area contributed by atoms with Gasteiger partial charge < -0.3 is 5.32 Å². The van der Waals surface area contributed by atoms with Crippen molar-refractivity contribution in [1.82, 2.24) is 15.3 Å². The minimum Gasteiger partial charge on any atom is -0.315 e. The first-order chi connectivity index (χ1) is 8.02. The van der Waals surface area contributed by atoms with Crippen LogP contribution in [0, 0.1) is 0 Å². The molecule has 92 valence electrons. The van der Waals surface area contributed by atoms with Crippen LogP contribution in [-0.2, 0) is 12.7 Å². The molecular weight excluding hydrogens is 271 g/mol. The second-order valence-electron chi connectivity index (χ2n) is 3.18. The van der Waals surface area contributed by atoms with Crippen molar-refractivity contribution in [1.29, 1.82) is 0 Å². The zero-order valence-corrected chi connectivity index (χ0v) is 10.3. The highest BCUT2D eigenvalue weighted by Crippen LogP contribution is 2.38. The number of nitrogens with zero attached hydrogens (tertiary/aromatic N) is 2. The van der Waals surface area contributed by atoms with Crippen LogP contribution in [-0.4, -0.2) is 17.0 Å². The van der Waals surface area contributed by atoms with Gasteiger partial charge in [0.1, 0.15) is 5.01 Å². The number of hydrogen-bond acceptors (Lipinski definition) is 5. The molecule has 2 aromatic heterocycles. The molecule has 0 saturated carbocycles. The van der Waals surface area contributed by atoms with Gasteiger partial charge in [-0.15, -0.1) is 22.7 Å². The van der Waals surface area contributed by atoms with Gasteiger partial charge in [0.2, 0.25) is 0 Å². The van der Waals surface area contributed by atoms with Gasteiger partial charge in [-0.3, -0.25) is 4.98 Å². The van der Waals surface area contributed by atoms with Crippen molar-refractivity contribution < 1.29 is 13.2 Å². The number of nitrogens with one attached hydrogen (secondary N) is 1. The van der Waals surface area contributed by atoms with Gasteiger partial charge in [0, 0.05) is 12.7 Å². The van der Waals surface area contributed by atoms with Gasteiger partial charge in [0.15, 0.2) is 5.69 Å². The molecule has 0 bridgehead atoms. The van der Waals surface area contributed by atoms with Crippen LogP contribution in [0.4, 0.5) is 13.2 Å². The summed E-state index contributed by atoms with van der Waals surface area (Å²) in [6, 6.07) is 0. The maximum absolute atomic E-state index is 12.7. The summed E-state index contributed by atoms with van der Waals surface area (Å²) >= 11 is 2.32. The quantitative estimate of drug-likeness (QED) is 0.938. The van der Waals surface area contributed by atoms with E-state index in [0.717, 1.165) is 11.3 Å². The lowest BCUT2D eigenvalue weighted by Crippen LogP contribution is -2.12. The lowest BCUT2D eigenvalue weighted by molar-refractivity contribution is -0.141. The van der Waals surface area contributed by atoms with E-state index in [9.17, 15) is 13.2 Å². The van der Waals surface area contributed by atoms with Crippen molar-refractivity contribution in [3.8, 4) is 9.88 Å². The van der Waals surface area contributed by atoms with Crippen molar-refractivity contribution >= 4 is 22.7 Å². The molecule has 0 radical (unpaired) electrons. The molecule has 0 aliphatic carbocycles. The minimum atomic E-state index is -4.41. The number of halogens is 3. The molecule has 0 saturated heterocycles. The van der Waals surface area contributed by atoms with Crippen LogP contribution in [0.3, 0.4) is 0 Å². The van der Waals surface area contributed by atoms with E-state index in [1.807, 2.05) is 0 Å². The first kappa shape index (κ1) is 12.5. The summed E-state index contributed by atoms with van der Waals surface area (Å²) in [5.74, 6) is 0. The Morgan fingerprint density at radius 1 is 1.41 bits per heavy atom. The molecule has 0 atom stereocenters. The summed E-state index contributed by atoms with van der Waals surface area (Å²) in [5.41, 5.74) is 0.766. The molecule has 17 heavy (non-hydrogen) atoms. The van der Waals surface area contributed by atoms with Crippen molar-refractivity contribution in [2.24, 2.45) is 0 Å². The molecule has 0 fully saturated rings. The minimum absolute atomic E-state index is 0.158. The van der Waals surface area contributed by atoms with E-state index < -0.39 is 11.9 Å². The van der Waals surface area contributed by atoms with Crippen LogP contribution >= 0.6 is 22.7 Å². The number of thiazole rings is 2. The maximum atomic E-state index is 12.7. The smallest absolute Gasteiger partial charge is 0.315 e. The van der Waals surface area contributed by atoms with Crippen LogP contribution in [0.1, 0.15) is 10.6 Å². The Labute approximate surface area is 103 Å². The average molecular weight is 279 g/mol. The van der Waals surface area contributed by atoms with E-state index in [4.69, 9.17) is 0 Å². The fraction of sp³-hybridized carbons (Fsp3) is 0.333. The molecule has 1 N–H and O–H groups in total. The summed E-state index contributed by atoms with van der Waals surface area (Å²) in [7, 11) is 1.60. The Morgan fingerprint density at radius 2 is 2.18 bits per heavy atom. The van der Waals surface area contributed by atoms with Gasteiger partial charge in [-0.25, -0.2) is 4.98 Å². The lowest BCUT2D eigenvalue weighted by atomic mass is 10.3. The molecule has 2 aromatic rings. The van der Waals surface area contributed by atoms with Gasteiger partial charge in [0.25, 0.3) is 0 Å². The van der Waals surface area contributed by atoms with Crippen molar-refractivity contribution in [3.05, 3.63) is 22.3 Å². The topological polar surface area (TPSA) is 37.8 Å². The fourth-order valence-corrected chi connectivity index (χ4v) is 3.05. The number of aromatic nitrogens is 2. The van der Waals surface area contributed by atoms with E-state index in [0.29, 0.717) is 9.88 Å². The van der Waals surface area contributed by atoms with Gasteiger partial charge in [-0.1, -0.05) is 0 Å². The average Bonchev–Trinajstić information content (AvgIpc) is 2.82. The lowest BCUT2D eigenvalue weighted by Gasteiger charge is -2.04. The third kappa shape index (κ3) is 2.64. The van der Waals surface area contributed by atoms with Crippen LogP contribution in [0.5, 0.6) is 0 Å². The third-order valence-electron chi connectivity index (χ3n) is 1.95. The predicted octanol–water partition coefficient (Wildman–Crippen LogP) is 3.00. The molecule has 0 aliphatic rings. The Bertz CT molecular complexity index is 490. The van der Waals surface area contributed by atoms with Gasteiger partial charge in [0.05, 0.1) is 15.3 Å². The monoisotopic (exact) mass is 279 g/mol. The molecule has 0 unspecified atom stereocenters. The van der Waals surface area contributed by atoms with E-state index in [1.165, 1.54) is 17.5 Å². The second-order valence-corrected chi connectivity index (χ2v) is 5.15. The van der Waals surface area contributed by atoms with Crippen LogP contribution in [0.15, 0.2) is 11.7 Å². The van der Waals surface area contributed by atoms with E-state index in [2.05, 4.69) is 15.3 Å². The highest BCUT2D eigenvalue weighted by atomic mass is 32.1. The summed E-state index contributed by atoms with van der Waals surface area (Å²) in [5, 5.41) is 3.08. The Kier molecular flexibility index (Phi) is 3.45. The molecule has 2 rings (SSSR count). The number of rotatable bonds is 3. The first-order valence-corrected chi connectivity index (χ1v) is 6.32. The zero-order valence-electron chi connectivity index (χ0n) is 8.71. The summed E-state index contributed by atoms with van der Waals surface area (Å²) in [6.07, 6.45) is -2.89. The van der Waals surface area contributed by atoms with Crippen LogP contribution in [0.2, 0.25) is 0 Å². The van der Waals surface area contributed by atoms with Gasteiger partial charge >= 0.3 is 6.18 Å². The van der Waals surface area contributed by atoms with E-state index >= 15 is 0 Å². The largest absolute Gasteiger partial charge is 0.434 e. The fourth-order valence-electron chi connectivity index (χ4n) is 1.28. The van der Waals surface area contributed by atoms with E-state index in [1.54, 1.807) is 12.6 Å². The Balaban J connectivity index is 2.45. The first-order valence-electron chi connectivity index (χ1n) is 4.62. The van der Waals surface area contributed by atoms with E-state index in [-0.39, 0.29) is 11.4 Å². The zero-order chi connectivity index (χ0) is 12.5. The molecule has 3 nitrogen and oxygen atoms in total. The standard InChI is InChI=1S/C9H8F3N3S2/c1-13-2-5-7(9(10,11)12)15-8(17-5)6-3-14-4-16-6/h3-4,13H,2H2,1H3. The van der Waals surface area contributed by atoms with Crippen molar-refractivity contribution in [2.75, 3.05) is 7.05 Å². The van der Waals surface area contributed by atoms with Crippen LogP contribution in [0.25, 0.3) is 9.88 Å². The molecule has 2 heterocycles. The third-order valence-corrected chi connectivity index (χ3v) is 3.94. The highest BCUT2D eigenvalue weighted by molar-refractivity contribution is 7.20. The maximum Gasteiger partial charge on any atom is 0.434 e. The Hall–Kier alpha value is -0.990. The molecular formula is C9H8F3N3S2. The number of alkyl halides is 3. The molecule has 0 spiro atoms. The second kappa shape index (κ2) is 4.71. The normalized spacial score (nSPS) is 12.0. The van der Waals surface area contributed by atoms with Gasteiger partial charge in [-0.05, 0) is 7.05 Å². The molecule has 0 aliphatic heterocycles. The highest BCUT2D eigenvalue weighted by Gasteiger charge is 2.37.